The van der Waals surface area contributed by atoms with E-state index in [9.17, 15) is 9.90 Å². The average Bonchev–Trinajstić information content (AvgIpc) is 2.72. The molecular formula is C23H33N5O2. The van der Waals surface area contributed by atoms with Crippen LogP contribution in [-0.2, 0) is 4.79 Å². The van der Waals surface area contributed by atoms with Gasteiger partial charge in [0.15, 0.2) is 0 Å². The number of unbranched alkanes of at least 4 members (excludes halogenated alkanes) is 1. The van der Waals surface area contributed by atoms with E-state index in [-0.39, 0.29) is 12.5 Å². The normalized spacial score (nSPS) is 19.2. The molecule has 7 nitrogen and oxygen atoms in total. The molecule has 0 unspecified atom stereocenters. The van der Waals surface area contributed by atoms with Crippen molar-refractivity contribution in [3.8, 4) is 0 Å². The highest BCUT2D eigenvalue weighted by Gasteiger charge is 2.34. The summed E-state index contributed by atoms with van der Waals surface area (Å²) in [6, 6.07) is -0.140. The van der Waals surface area contributed by atoms with Gasteiger partial charge in [-0.05, 0) is 56.6 Å². The van der Waals surface area contributed by atoms with Crippen LogP contribution in [0.3, 0.4) is 0 Å². The highest BCUT2D eigenvalue weighted by Crippen LogP contribution is 2.33. The van der Waals surface area contributed by atoms with Gasteiger partial charge in [0, 0.05) is 49.3 Å². The molecule has 0 spiro atoms. The topological polar surface area (TPSA) is 90.7 Å². The van der Waals surface area contributed by atoms with Crippen LogP contribution in [0.1, 0.15) is 63.5 Å². The van der Waals surface area contributed by atoms with Crippen molar-refractivity contribution in [3.05, 3.63) is 48.3 Å². The van der Waals surface area contributed by atoms with Crippen molar-refractivity contribution < 1.29 is 9.90 Å². The van der Waals surface area contributed by atoms with Crippen molar-refractivity contribution in [1.82, 2.24) is 20.2 Å². The van der Waals surface area contributed by atoms with Crippen LogP contribution in [0.4, 0.5) is 0 Å². The first-order valence-electron chi connectivity index (χ1n) is 10.9. The van der Waals surface area contributed by atoms with Crippen LogP contribution < -0.4 is 5.32 Å². The van der Waals surface area contributed by atoms with Gasteiger partial charge in [0.05, 0.1) is 6.42 Å². The summed E-state index contributed by atoms with van der Waals surface area (Å²) in [4.78, 5) is 26.4. The quantitative estimate of drug-likeness (QED) is 0.426. The Bertz CT molecular complexity index is 784. The van der Waals surface area contributed by atoms with Crippen LogP contribution in [0, 0.1) is 5.92 Å². The molecule has 0 radical (unpaired) electrons. The van der Waals surface area contributed by atoms with Crippen molar-refractivity contribution in [2.75, 3.05) is 19.6 Å². The monoisotopic (exact) mass is 411 g/mol. The number of carboxylic acid groups (broad SMARTS) is 1. The van der Waals surface area contributed by atoms with Gasteiger partial charge in [-0.2, -0.15) is 0 Å². The lowest BCUT2D eigenvalue weighted by atomic mass is 9.89. The maximum absolute atomic E-state index is 11.3. The van der Waals surface area contributed by atoms with Crippen molar-refractivity contribution >= 4 is 11.7 Å². The Labute approximate surface area is 179 Å². The van der Waals surface area contributed by atoms with Crippen LogP contribution in [-0.4, -0.2) is 51.3 Å². The van der Waals surface area contributed by atoms with Gasteiger partial charge < -0.3 is 10.4 Å². The Kier molecular flexibility index (Phi) is 8.13. The van der Waals surface area contributed by atoms with Crippen LogP contribution in [0.5, 0.6) is 0 Å². The zero-order valence-electron chi connectivity index (χ0n) is 17.9. The van der Waals surface area contributed by atoms with Gasteiger partial charge in [-0.25, -0.2) is 15.0 Å². The second-order valence-corrected chi connectivity index (χ2v) is 8.32. The van der Waals surface area contributed by atoms with E-state index in [2.05, 4.69) is 33.7 Å². The Balaban J connectivity index is 1.41. The summed E-state index contributed by atoms with van der Waals surface area (Å²) in [5.41, 5.74) is 3.26. The molecule has 2 aliphatic heterocycles. The molecule has 0 aromatic carbocycles. The fourth-order valence-corrected chi connectivity index (χ4v) is 4.20. The molecule has 7 heteroatoms. The predicted octanol–water partition coefficient (Wildman–Crippen LogP) is 3.73. The molecule has 1 atom stereocenters. The number of aromatic nitrogens is 2. The minimum Gasteiger partial charge on any atom is -0.481 e. The number of nitrogens with zero attached hydrogens (tertiary/aromatic N) is 4. The number of nitrogens with one attached hydrogen (secondary N) is 1. The number of carbonyl (C=O) groups is 1. The third-order valence-electron chi connectivity index (χ3n) is 5.97. The molecule has 30 heavy (non-hydrogen) atoms. The van der Waals surface area contributed by atoms with Gasteiger partial charge in [0.1, 0.15) is 12.1 Å². The summed E-state index contributed by atoms with van der Waals surface area (Å²) >= 11 is 0. The molecule has 1 aromatic heterocycles. The highest BCUT2D eigenvalue weighted by molar-refractivity contribution is 5.95. The summed E-state index contributed by atoms with van der Waals surface area (Å²) in [6.45, 7) is 8.94. The third kappa shape index (κ3) is 6.23. The van der Waals surface area contributed by atoms with Gasteiger partial charge in [0.2, 0.25) is 0 Å². The molecule has 0 aliphatic carbocycles. The lowest BCUT2D eigenvalue weighted by molar-refractivity contribution is -0.139. The van der Waals surface area contributed by atoms with Gasteiger partial charge in [-0.1, -0.05) is 13.0 Å². The molecule has 1 aromatic rings. The Hall–Kier alpha value is -2.54. The van der Waals surface area contributed by atoms with E-state index < -0.39 is 5.97 Å². The van der Waals surface area contributed by atoms with E-state index in [0.29, 0.717) is 5.92 Å². The van der Waals surface area contributed by atoms with Gasteiger partial charge in [-0.3, -0.25) is 9.69 Å². The average molecular weight is 412 g/mol. The van der Waals surface area contributed by atoms with Gasteiger partial charge in [0.25, 0.3) is 0 Å². The summed E-state index contributed by atoms with van der Waals surface area (Å²) < 4.78 is 0. The number of hydrogen-bond donors (Lipinski definition) is 2. The zero-order chi connectivity index (χ0) is 21.3. The molecule has 3 rings (SSSR count). The molecule has 2 aliphatic rings. The van der Waals surface area contributed by atoms with Crippen LogP contribution in [0.2, 0.25) is 0 Å². The second-order valence-electron chi connectivity index (χ2n) is 8.32. The largest absolute Gasteiger partial charge is 0.481 e. The van der Waals surface area contributed by atoms with E-state index in [4.69, 9.17) is 4.99 Å². The Morgan fingerprint density at radius 3 is 2.83 bits per heavy atom. The zero-order valence-corrected chi connectivity index (χ0v) is 17.9. The molecule has 162 valence electrons. The molecule has 0 bridgehead atoms. The molecule has 0 saturated carbocycles. The molecule has 2 N–H and O–H groups in total. The Morgan fingerprint density at radius 1 is 1.40 bits per heavy atom. The number of hydrogen-bond acceptors (Lipinski definition) is 6. The molecule has 3 heterocycles. The first kappa shape index (κ1) is 22.2. The van der Waals surface area contributed by atoms with E-state index in [1.807, 2.05) is 6.08 Å². The van der Waals surface area contributed by atoms with Crippen molar-refractivity contribution in [2.24, 2.45) is 10.9 Å². The van der Waals surface area contributed by atoms with Crippen LogP contribution in [0.25, 0.3) is 0 Å². The van der Waals surface area contributed by atoms with E-state index in [1.165, 1.54) is 18.3 Å². The van der Waals surface area contributed by atoms with E-state index >= 15 is 0 Å². The minimum atomic E-state index is -0.790. The van der Waals surface area contributed by atoms with Crippen LogP contribution in [0.15, 0.2) is 47.8 Å². The number of allylic oxidation sites excluding steroid dienone is 2. The number of aliphatic carboxylic acids is 1. The lowest BCUT2D eigenvalue weighted by Crippen LogP contribution is -2.48. The van der Waals surface area contributed by atoms with E-state index in [0.717, 1.165) is 68.8 Å². The number of carboxylic acids is 1. The second kappa shape index (κ2) is 11.0. The summed E-state index contributed by atoms with van der Waals surface area (Å²) in [5.74, 6) is 0.863. The molecule has 1 fully saturated rings. The Morgan fingerprint density at radius 2 is 2.17 bits per heavy atom. The first-order chi connectivity index (χ1) is 14.6. The maximum Gasteiger partial charge on any atom is 0.305 e. The molecule has 0 amide bonds. The third-order valence-corrected chi connectivity index (χ3v) is 5.97. The van der Waals surface area contributed by atoms with Crippen molar-refractivity contribution in [1.29, 1.82) is 0 Å². The number of likely N-dealkylation sites (tertiary alicyclic amines) is 1. The minimum absolute atomic E-state index is 0.0859. The molecular weight excluding hydrogens is 378 g/mol. The smallest absolute Gasteiger partial charge is 0.305 e. The molecule has 1 saturated heterocycles. The van der Waals surface area contributed by atoms with E-state index in [1.54, 1.807) is 12.4 Å². The fraction of sp³-hybridized carbons (Fsp3) is 0.565. The summed E-state index contributed by atoms with van der Waals surface area (Å²) in [7, 11) is 0. The number of rotatable bonds is 11. The fourth-order valence-electron chi connectivity index (χ4n) is 4.20. The first-order valence-corrected chi connectivity index (χ1v) is 10.9. The van der Waals surface area contributed by atoms with Crippen LogP contribution >= 0.6 is 0 Å². The van der Waals surface area contributed by atoms with Crippen molar-refractivity contribution in [2.45, 2.75) is 57.9 Å². The lowest BCUT2D eigenvalue weighted by Gasteiger charge is -2.44. The summed E-state index contributed by atoms with van der Waals surface area (Å²) in [6.07, 6.45) is 13.5. The number of aliphatic imine (C=N–C) groups is 1. The van der Waals surface area contributed by atoms with Crippen molar-refractivity contribution in [3.63, 3.8) is 0 Å². The highest BCUT2D eigenvalue weighted by atomic mass is 16.4. The predicted molar refractivity (Wildman–Crippen MR) is 118 cm³/mol. The SMILES string of the molecule is C=C/C(CCCCC1CN([C@@H](CC(=O)O)c2cncnc2)C1)=N\C1=C(C)CCCN1. The maximum atomic E-state index is 11.3. The van der Waals surface area contributed by atoms with Gasteiger partial charge in [-0.15, -0.1) is 0 Å². The standard InChI is InChI=1S/C23H33N5O2/c1-3-20(27-23-17(2)7-6-10-26-23)9-5-4-8-18-14-28(15-18)21(11-22(29)30)19-12-24-16-25-13-19/h3,12-13,16,18,21,26H,1,4-11,14-15H2,2H3,(H,29,30)/b27-20+/t21-/m0/s1. The summed E-state index contributed by atoms with van der Waals surface area (Å²) in [5, 5.41) is 12.7. The van der Waals surface area contributed by atoms with Gasteiger partial charge >= 0.3 is 5.97 Å².